The van der Waals surface area contributed by atoms with Crippen LogP contribution in [0.5, 0.6) is 0 Å². The predicted octanol–water partition coefficient (Wildman–Crippen LogP) is 4.41. The molecule has 1 aliphatic carbocycles. The van der Waals surface area contributed by atoms with Gasteiger partial charge in [-0.1, -0.05) is 66.2 Å². The fraction of sp³-hybridized carbons (Fsp3) is 0.273. The van der Waals surface area contributed by atoms with E-state index in [1.807, 2.05) is 31.2 Å². The van der Waals surface area contributed by atoms with Gasteiger partial charge in [-0.25, -0.2) is 0 Å². The fourth-order valence-corrected chi connectivity index (χ4v) is 2.90. The van der Waals surface area contributed by atoms with Crippen LogP contribution in [-0.2, 0) is 16.0 Å². The third-order valence-electron chi connectivity index (χ3n) is 4.14. The molecule has 0 spiro atoms. The molecule has 1 amide bonds. The number of Topliss-reactive ketones (excluding diaryl/α,β-unsaturated/α-hetero) is 1. The van der Waals surface area contributed by atoms with Crippen LogP contribution in [0, 0.1) is 6.92 Å². The van der Waals surface area contributed by atoms with Crippen LogP contribution in [-0.4, -0.2) is 12.2 Å². The monoisotopic (exact) mass is 335 g/mol. The zero-order valence-corrected chi connectivity index (χ0v) is 14.9. The summed E-state index contributed by atoms with van der Waals surface area (Å²) in [5.74, 6) is 0.0656. The fourth-order valence-electron chi connectivity index (χ4n) is 2.90. The third kappa shape index (κ3) is 6.03. The van der Waals surface area contributed by atoms with Gasteiger partial charge in [0.1, 0.15) is 5.78 Å². The van der Waals surface area contributed by atoms with E-state index in [-0.39, 0.29) is 11.8 Å². The van der Waals surface area contributed by atoms with Gasteiger partial charge in [0.05, 0.1) is 6.04 Å². The van der Waals surface area contributed by atoms with Crippen molar-refractivity contribution in [3.05, 3.63) is 76.9 Å². The van der Waals surface area contributed by atoms with Crippen molar-refractivity contribution in [2.24, 2.45) is 0 Å². The molecule has 0 heterocycles. The first kappa shape index (κ1) is 18.7. The van der Waals surface area contributed by atoms with E-state index < -0.39 is 0 Å². The van der Waals surface area contributed by atoms with Crippen LogP contribution in [0.25, 0.3) is 6.08 Å². The summed E-state index contributed by atoms with van der Waals surface area (Å²) in [6.45, 7) is 3.50. The highest BCUT2D eigenvalue weighted by molar-refractivity contribution is 5.76. The van der Waals surface area contributed by atoms with Crippen LogP contribution >= 0.6 is 0 Å². The van der Waals surface area contributed by atoms with Crippen LogP contribution < -0.4 is 5.32 Å². The molecule has 2 aromatic rings. The number of carbonyl (C=O) groups excluding carboxylic acids is 2. The van der Waals surface area contributed by atoms with Crippen molar-refractivity contribution in [2.75, 3.05) is 0 Å². The zero-order valence-electron chi connectivity index (χ0n) is 14.9. The molecule has 1 atom stereocenters. The largest absolute Gasteiger partial charge is 0.351 e. The van der Waals surface area contributed by atoms with E-state index >= 15 is 0 Å². The van der Waals surface area contributed by atoms with Gasteiger partial charge in [0.25, 0.3) is 0 Å². The van der Waals surface area contributed by atoms with Gasteiger partial charge < -0.3 is 5.32 Å². The van der Waals surface area contributed by atoms with E-state index in [2.05, 4.69) is 41.7 Å². The second-order valence-corrected chi connectivity index (χ2v) is 6.30. The van der Waals surface area contributed by atoms with E-state index in [1.165, 1.54) is 30.9 Å². The molecule has 0 aromatic heterocycles. The van der Waals surface area contributed by atoms with E-state index in [4.69, 9.17) is 0 Å². The lowest BCUT2D eigenvalue weighted by Gasteiger charge is -2.15. The maximum absolute atomic E-state index is 11.0. The summed E-state index contributed by atoms with van der Waals surface area (Å²) in [4.78, 5) is 21.5. The van der Waals surface area contributed by atoms with Crippen molar-refractivity contribution in [1.29, 1.82) is 0 Å². The van der Waals surface area contributed by atoms with Crippen molar-refractivity contribution in [3.63, 3.8) is 0 Å². The topological polar surface area (TPSA) is 46.2 Å². The number of hydrogen-bond acceptors (Lipinski definition) is 2. The molecule has 1 aliphatic rings. The minimum absolute atomic E-state index is 0.0656. The first-order chi connectivity index (χ1) is 12.1. The Morgan fingerprint density at radius 2 is 2.00 bits per heavy atom. The number of carbonyl (C=O) groups is 2. The summed E-state index contributed by atoms with van der Waals surface area (Å²) in [6, 6.07) is 16.2. The SMILES string of the molecule is C1=Cc2ccccc2CC1.CC(=O)CC(NC=O)c1cccc(C)c1. The molecule has 130 valence electrons. The van der Waals surface area contributed by atoms with Gasteiger partial charge in [-0.05, 0) is 43.4 Å². The molecule has 0 bridgehead atoms. The van der Waals surface area contributed by atoms with Gasteiger partial charge in [-0.15, -0.1) is 0 Å². The van der Waals surface area contributed by atoms with Gasteiger partial charge in [0.15, 0.2) is 0 Å². The average molecular weight is 335 g/mol. The van der Waals surface area contributed by atoms with Crippen molar-refractivity contribution >= 4 is 18.3 Å². The number of rotatable bonds is 5. The smallest absolute Gasteiger partial charge is 0.207 e. The van der Waals surface area contributed by atoms with Gasteiger partial charge >= 0.3 is 0 Å². The molecule has 25 heavy (non-hydrogen) atoms. The summed E-state index contributed by atoms with van der Waals surface area (Å²) in [5.41, 5.74) is 4.98. The lowest BCUT2D eigenvalue weighted by Crippen LogP contribution is -2.21. The molecule has 3 heteroatoms. The molecule has 0 saturated heterocycles. The molecule has 0 fully saturated rings. The van der Waals surface area contributed by atoms with Crippen LogP contribution in [0.1, 0.15) is 48.1 Å². The first-order valence-corrected chi connectivity index (χ1v) is 8.60. The molecule has 2 aromatic carbocycles. The molecular weight excluding hydrogens is 310 g/mol. The second-order valence-electron chi connectivity index (χ2n) is 6.30. The standard InChI is InChI=1S/C12H15NO2.C10H10/c1-9-4-3-5-11(6-9)12(13-8-14)7-10(2)15;1-2-6-10-8-4-3-7-9(10)5-1/h3-6,8,12H,7H2,1-2H3,(H,13,14);1-3,5-7H,4,8H2. The number of fused-ring (bicyclic) bond motifs is 1. The maximum atomic E-state index is 11.0. The normalized spacial score (nSPS) is 13.0. The van der Waals surface area contributed by atoms with Gasteiger partial charge in [-0.3, -0.25) is 9.59 Å². The molecular formula is C22H25NO2. The first-order valence-electron chi connectivity index (χ1n) is 8.60. The minimum atomic E-state index is -0.208. The molecule has 1 unspecified atom stereocenters. The zero-order chi connectivity index (χ0) is 18.1. The Morgan fingerprint density at radius 1 is 1.20 bits per heavy atom. The molecule has 1 N–H and O–H groups in total. The van der Waals surface area contributed by atoms with Gasteiger partial charge in [0, 0.05) is 6.42 Å². The minimum Gasteiger partial charge on any atom is -0.351 e. The van der Waals surface area contributed by atoms with Gasteiger partial charge in [-0.2, -0.15) is 0 Å². The van der Waals surface area contributed by atoms with Crippen molar-refractivity contribution in [3.8, 4) is 0 Å². The van der Waals surface area contributed by atoms with Crippen LogP contribution in [0.2, 0.25) is 0 Å². The van der Waals surface area contributed by atoms with Crippen molar-refractivity contribution < 1.29 is 9.59 Å². The average Bonchev–Trinajstić information content (AvgIpc) is 2.62. The number of ketones is 1. The molecule has 0 saturated carbocycles. The lowest BCUT2D eigenvalue weighted by atomic mass is 9.98. The molecule has 3 rings (SSSR count). The number of allylic oxidation sites excluding steroid dienone is 1. The lowest BCUT2D eigenvalue weighted by molar-refractivity contribution is -0.117. The Hall–Kier alpha value is -2.68. The summed E-state index contributed by atoms with van der Waals surface area (Å²) >= 11 is 0. The van der Waals surface area contributed by atoms with Gasteiger partial charge in [0.2, 0.25) is 6.41 Å². The van der Waals surface area contributed by atoms with E-state index in [0.29, 0.717) is 12.8 Å². The number of hydrogen-bond donors (Lipinski definition) is 1. The molecule has 3 nitrogen and oxygen atoms in total. The van der Waals surface area contributed by atoms with Crippen LogP contribution in [0.3, 0.4) is 0 Å². The van der Waals surface area contributed by atoms with Crippen LogP contribution in [0.15, 0.2) is 54.6 Å². The summed E-state index contributed by atoms with van der Waals surface area (Å²) in [5, 5.41) is 2.66. The quantitative estimate of drug-likeness (QED) is 0.823. The second kappa shape index (κ2) is 9.58. The predicted molar refractivity (Wildman–Crippen MR) is 102 cm³/mol. The summed E-state index contributed by atoms with van der Waals surface area (Å²) < 4.78 is 0. The highest BCUT2D eigenvalue weighted by Gasteiger charge is 2.12. The Morgan fingerprint density at radius 3 is 2.68 bits per heavy atom. The molecule has 0 aliphatic heterocycles. The Labute approximate surface area is 149 Å². The van der Waals surface area contributed by atoms with Crippen LogP contribution in [0.4, 0.5) is 0 Å². The van der Waals surface area contributed by atoms with Crippen molar-refractivity contribution in [2.45, 2.75) is 39.2 Å². The van der Waals surface area contributed by atoms with E-state index in [9.17, 15) is 9.59 Å². The maximum Gasteiger partial charge on any atom is 0.207 e. The number of benzene rings is 2. The summed E-state index contributed by atoms with van der Waals surface area (Å²) in [7, 11) is 0. The molecule has 0 radical (unpaired) electrons. The van der Waals surface area contributed by atoms with E-state index in [1.54, 1.807) is 0 Å². The Bertz CT molecular complexity index is 749. The highest BCUT2D eigenvalue weighted by atomic mass is 16.1. The highest BCUT2D eigenvalue weighted by Crippen LogP contribution is 2.18. The summed E-state index contributed by atoms with van der Waals surface area (Å²) in [6.07, 6.45) is 7.84. The van der Waals surface area contributed by atoms with E-state index in [0.717, 1.165) is 11.1 Å². The number of aryl methyl sites for hydroxylation is 2. The Balaban J connectivity index is 0.000000194. The third-order valence-corrected chi connectivity index (χ3v) is 4.14. The number of nitrogens with one attached hydrogen (secondary N) is 1. The van der Waals surface area contributed by atoms with Crippen molar-refractivity contribution in [1.82, 2.24) is 5.32 Å². The Kier molecular flexibility index (Phi) is 7.15. The number of amides is 1.